The van der Waals surface area contributed by atoms with Crippen molar-refractivity contribution in [3.8, 4) is 12.1 Å². The van der Waals surface area contributed by atoms with Gasteiger partial charge in [0, 0.05) is 54.8 Å². The van der Waals surface area contributed by atoms with Crippen molar-refractivity contribution < 1.29 is 14.3 Å². The van der Waals surface area contributed by atoms with Gasteiger partial charge in [0.2, 0.25) is 0 Å². The minimum atomic E-state index is -0.606. The van der Waals surface area contributed by atoms with E-state index >= 15 is 0 Å². The van der Waals surface area contributed by atoms with Gasteiger partial charge in [-0.3, -0.25) is 0 Å². The SMILES string of the molecule is Cc1cccc2cccc(N3CCc4c(nc(OCC5(CN6CCCC6)CC5)nc4N4CCN(C(=O)OC(C)(C)C)C(CC#N)C4)C3)c12. The largest absolute Gasteiger partial charge is 0.463 e. The molecule has 1 unspecified atom stereocenters. The molecule has 0 bridgehead atoms. The zero-order chi connectivity index (χ0) is 33.5. The molecule has 1 aliphatic carbocycles. The first kappa shape index (κ1) is 32.4. The van der Waals surface area contributed by atoms with Crippen LogP contribution in [0.1, 0.15) is 69.7 Å². The Balaban J connectivity index is 1.18. The number of carbonyl (C=O) groups excluding carboxylic acids is 1. The fourth-order valence-electron chi connectivity index (χ4n) is 7.74. The maximum atomic E-state index is 13.1. The molecule has 4 aliphatic rings. The van der Waals surface area contributed by atoms with Crippen LogP contribution in [0.3, 0.4) is 0 Å². The molecule has 2 saturated heterocycles. The highest BCUT2D eigenvalue weighted by molar-refractivity contribution is 5.97. The summed E-state index contributed by atoms with van der Waals surface area (Å²) in [4.78, 5) is 32.3. The summed E-state index contributed by atoms with van der Waals surface area (Å²) < 4.78 is 12.2. The third-order valence-electron chi connectivity index (χ3n) is 10.4. The predicted molar refractivity (Wildman–Crippen MR) is 187 cm³/mol. The number of hydrogen-bond donors (Lipinski definition) is 0. The molecule has 48 heavy (non-hydrogen) atoms. The van der Waals surface area contributed by atoms with Crippen molar-refractivity contribution in [1.29, 1.82) is 5.26 Å². The number of nitriles is 1. The van der Waals surface area contributed by atoms with Gasteiger partial charge in [-0.05, 0) is 89.9 Å². The molecule has 1 aromatic heterocycles. The number of aromatic nitrogens is 2. The lowest BCUT2D eigenvalue weighted by atomic mass is 9.99. The van der Waals surface area contributed by atoms with Crippen molar-refractivity contribution in [2.75, 3.05) is 62.2 Å². The second-order valence-electron chi connectivity index (χ2n) is 15.3. The summed E-state index contributed by atoms with van der Waals surface area (Å²) >= 11 is 0. The Labute approximate surface area is 284 Å². The molecule has 10 nitrogen and oxygen atoms in total. The van der Waals surface area contributed by atoms with Gasteiger partial charge in [-0.15, -0.1) is 0 Å². The van der Waals surface area contributed by atoms with Gasteiger partial charge in [0.25, 0.3) is 0 Å². The van der Waals surface area contributed by atoms with Gasteiger partial charge in [0.1, 0.15) is 11.4 Å². The zero-order valence-corrected chi connectivity index (χ0v) is 29.0. The standard InChI is InChI=1S/C38H49N7O3/c1-27-9-7-10-28-11-8-12-32(33(27)28)43-20-14-30-31(24-43)40-35(47-26-38(15-16-38)25-42-18-5-6-19-42)41-34(30)44-21-22-45(29(23-44)13-17-39)36(46)48-37(2,3)4/h7-12,29H,5-6,13-16,18-26H2,1-4H3. The van der Waals surface area contributed by atoms with Crippen molar-refractivity contribution in [1.82, 2.24) is 19.8 Å². The first-order chi connectivity index (χ1) is 23.1. The van der Waals surface area contributed by atoms with E-state index in [0.29, 0.717) is 38.8 Å². The van der Waals surface area contributed by atoms with Crippen LogP contribution in [-0.4, -0.2) is 89.9 Å². The molecule has 10 heteroatoms. The first-order valence-electron chi connectivity index (χ1n) is 17.7. The van der Waals surface area contributed by atoms with E-state index in [4.69, 9.17) is 19.4 Å². The maximum Gasteiger partial charge on any atom is 0.410 e. The Hall–Kier alpha value is -4.10. The molecule has 0 N–H and O–H groups in total. The van der Waals surface area contributed by atoms with Crippen molar-refractivity contribution in [2.45, 2.75) is 84.4 Å². The number of carbonyl (C=O) groups is 1. The third kappa shape index (κ3) is 6.88. The number of piperazine rings is 1. The highest BCUT2D eigenvalue weighted by Crippen LogP contribution is 2.47. The molecule has 3 aliphatic heterocycles. The summed E-state index contributed by atoms with van der Waals surface area (Å²) in [7, 11) is 0. The van der Waals surface area contributed by atoms with Crippen LogP contribution in [0, 0.1) is 23.7 Å². The molecule has 1 atom stereocenters. The summed E-state index contributed by atoms with van der Waals surface area (Å²) in [5.74, 6) is 0.875. The zero-order valence-electron chi connectivity index (χ0n) is 29.0. The second kappa shape index (κ2) is 13.1. The van der Waals surface area contributed by atoms with Crippen molar-refractivity contribution in [3.63, 3.8) is 0 Å². The predicted octanol–water partition coefficient (Wildman–Crippen LogP) is 6.10. The van der Waals surface area contributed by atoms with E-state index in [-0.39, 0.29) is 24.0 Å². The number of rotatable bonds is 8. The van der Waals surface area contributed by atoms with Crippen LogP contribution in [0.15, 0.2) is 36.4 Å². The third-order valence-corrected chi connectivity index (χ3v) is 10.4. The minimum Gasteiger partial charge on any atom is -0.463 e. The number of anilines is 2. The van der Waals surface area contributed by atoms with Gasteiger partial charge >= 0.3 is 12.1 Å². The smallest absolute Gasteiger partial charge is 0.410 e. The minimum absolute atomic E-state index is 0.188. The van der Waals surface area contributed by atoms with E-state index < -0.39 is 5.60 Å². The number of likely N-dealkylation sites (tertiary alicyclic amines) is 1. The number of benzene rings is 2. The van der Waals surface area contributed by atoms with Gasteiger partial charge in [0.05, 0.1) is 37.4 Å². The molecule has 1 amide bonds. The van der Waals surface area contributed by atoms with Crippen LogP contribution in [0.2, 0.25) is 0 Å². The topological polar surface area (TPSA) is 98.1 Å². The van der Waals surface area contributed by atoms with Gasteiger partial charge in [-0.2, -0.15) is 15.2 Å². The lowest BCUT2D eigenvalue weighted by Gasteiger charge is -2.42. The number of fused-ring (bicyclic) bond motifs is 2. The number of amides is 1. The molecular weight excluding hydrogens is 602 g/mol. The lowest BCUT2D eigenvalue weighted by molar-refractivity contribution is 0.0144. The monoisotopic (exact) mass is 651 g/mol. The average Bonchev–Trinajstić information content (AvgIpc) is 3.63. The van der Waals surface area contributed by atoms with Crippen LogP contribution in [-0.2, 0) is 17.7 Å². The molecule has 1 saturated carbocycles. The molecule has 3 fully saturated rings. The number of nitrogens with zero attached hydrogens (tertiary/aromatic N) is 7. The van der Waals surface area contributed by atoms with Gasteiger partial charge < -0.3 is 29.1 Å². The Morgan fingerprint density at radius 3 is 2.52 bits per heavy atom. The summed E-state index contributed by atoms with van der Waals surface area (Å²) in [6.07, 6.45) is 5.57. The Kier molecular flexibility index (Phi) is 8.84. The van der Waals surface area contributed by atoms with E-state index in [1.54, 1.807) is 4.90 Å². The summed E-state index contributed by atoms with van der Waals surface area (Å²) in [5.41, 5.74) is 4.19. The molecule has 254 valence electrons. The average molecular weight is 652 g/mol. The summed E-state index contributed by atoms with van der Waals surface area (Å²) in [5, 5.41) is 12.3. The Bertz CT molecular complexity index is 1700. The van der Waals surface area contributed by atoms with Crippen molar-refractivity contribution >= 4 is 28.4 Å². The maximum absolute atomic E-state index is 13.1. The van der Waals surface area contributed by atoms with Crippen LogP contribution in [0.4, 0.5) is 16.3 Å². The lowest BCUT2D eigenvalue weighted by Crippen LogP contribution is -2.56. The number of ether oxygens (including phenoxy) is 2. The number of aryl methyl sites for hydroxylation is 1. The molecule has 0 radical (unpaired) electrons. The van der Waals surface area contributed by atoms with Gasteiger partial charge in [0.15, 0.2) is 0 Å². The van der Waals surface area contributed by atoms with Crippen LogP contribution in [0.25, 0.3) is 10.8 Å². The quantitative estimate of drug-likeness (QED) is 0.286. The van der Waals surface area contributed by atoms with E-state index in [9.17, 15) is 10.1 Å². The van der Waals surface area contributed by atoms with Crippen molar-refractivity contribution in [2.24, 2.45) is 5.41 Å². The van der Waals surface area contributed by atoms with Gasteiger partial charge in [-0.1, -0.05) is 30.3 Å². The molecule has 0 spiro atoms. The normalized spacial score (nSPS) is 20.8. The highest BCUT2D eigenvalue weighted by Gasteiger charge is 2.45. The molecule has 3 aromatic rings. The summed E-state index contributed by atoms with van der Waals surface area (Å²) in [6.45, 7) is 14.9. The highest BCUT2D eigenvalue weighted by atomic mass is 16.6. The molecule has 4 heterocycles. The molecular formula is C38H49N7O3. The van der Waals surface area contributed by atoms with Crippen LogP contribution >= 0.6 is 0 Å². The van der Waals surface area contributed by atoms with Gasteiger partial charge in [-0.25, -0.2) is 4.79 Å². The number of hydrogen-bond acceptors (Lipinski definition) is 9. The fraction of sp³-hybridized carbons (Fsp3) is 0.579. The molecule has 7 rings (SSSR count). The van der Waals surface area contributed by atoms with E-state index in [0.717, 1.165) is 36.6 Å². The first-order valence-corrected chi connectivity index (χ1v) is 17.7. The van der Waals surface area contributed by atoms with E-state index in [1.165, 1.54) is 60.8 Å². The van der Waals surface area contributed by atoms with Crippen LogP contribution < -0.4 is 14.5 Å². The van der Waals surface area contributed by atoms with E-state index in [2.05, 4.69) is 64.1 Å². The van der Waals surface area contributed by atoms with Crippen molar-refractivity contribution in [3.05, 3.63) is 53.2 Å². The Morgan fingerprint density at radius 1 is 1.02 bits per heavy atom. The summed E-state index contributed by atoms with van der Waals surface area (Å²) in [6, 6.07) is 15.5. The van der Waals surface area contributed by atoms with Crippen LogP contribution in [0.5, 0.6) is 6.01 Å². The fourth-order valence-corrected chi connectivity index (χ4v) is 7.74. The van der Waals surface area contributed by atoms with E-state index in [1.807, 2.05) is 20.8 Å². The Morgan fingerprint density at radius 2 is 1.79 bits per heavy atom. The second-order valence-corrected chi connectivity index (χ2v) is 15.3. The molecule has 2 aromatic carbocycles.